The Morgan fingerprint density at radius 2 is 1.80 bits per heavy atom. The fourth-order valence-corrected chi connectivity index (χ4v) is 4.18. The van der Waals surface area contributed by atoms with Gasteiger partial charge in [0.2, 0.25) is 11.8 Å². The van der Waals surface area contributed by atoms with E-state index in [1.807, 2.05) is 46.8 Å². The molecule has 5 amide bonds. The first kappa shape index (κ1) is 31.8. The van der Waals surface area contributed by atoms with E-state index in [-0.39, 0.29) is 37.4 Å². The predicted molar refractivity (Wildman–Crippen MR) is 157 cm³/mol. The van der Waals surface area contributed by atoms with Crippen LogP contribution in [0.25, 0.3) is 0 Å². The number of hydrogen-bond acceptors (Lipinski definition) is 5. The number of nitrogens with one attached hydrogen (secondary N) is 3. The van der Waals surface area contributed by atoms with Crippen molar-refractivity contribution < 1.29 is 23.9 Å². The van der Waals surface area contributed by atoms with Gasteiger partial charge in [-0.3, -0.25) is 19.7 Å². The third-order valence-corrected chi connectivity index (χ3v) is 6.02. The average Bonchev–Trinajstić information content (AvgIpc) is 3.29. The molecule has 3 N–H and O–H groups in total. The first-order chi connectivity index (χ1) is 19.3. The van der Waals surface area contributed by atoms with Crippen LogP contribution in [0.2, 0.25) is 0 Å². The average molecular weight is 549 g/mol. The van der Waals surface area contributed by atoms with Gasteiger partial charge in [-0.25, -0.2) is 4.79 Å². The number of nitrogens with zero attached hydrogens (tertiary/aromatic N) is 1. The van der Waals surface area contributed by atoms with E-state index >= 15 is 0 Å². The van der Waals surface area contributed by atoms with Crippen LogP contribution in [-0.4, -0.2) is 41.3 Å². The molecule has 2 aliphatic rings. The molecule has 0 bridgehead atoms. The molecule has 1 saturated heterocycles. The largest absolute Gasteiger partial charge is 0.489 e. The number of benzene rings is 2. The van der Waals surface area contributed by atoms with Gasteiger partial charge in [0.15, 0.2) is 0 Å². The van der Waals surface area contributed by atoms with Gasteiger partial charge in [0.25, 0.3) is 5.91 Å². The minimum absolute atomic E-state index is 0.212. The standard InChI is InChI=1S/C27H28N4O5.2C2H6/c1-3-4-17(2)16-36-21-8-6-20(7-9-21)29-27(35)28-14-18-5-10-22-19(13-18)15-31(26(22)34)23-11-12-24(32)30-25(23)33;2*1-2/h3-10,13,23H,1,11-12,14-16H2,2H3,(H2,28,29,35)(H,30,32,33);2*1-2H3/b17-4+;;. The highest BCUT2D eigenvalue weighted by Gasteiger charge is 2.39. The van der Waals surface area contributed by atoms with Crippen molar-refractivity contribution in [1.82, 2.24) is 15.5 Å². The van der Waals surface area contributed by atoms with Crippen molar-refractivity contribution in [2.24, 2.45) is 0 Å². The number of imide groups is 1. The first-order valence-corrected chi connectivity index (χ1v) is 13.7. The van der Waals surface area contributed by atoms with E-state index in [9.17, 15) is 19.2 Å². The van der Waals surface area contributed by atoms with E-state index in [2.05, 4.69) is 22.5 Å². The van der Waals surface area contributed by atoms with Gasteiger partial charge < -0.3 is 20.3 Å². The quantitative estimate of drug-likeness (QED) is 0.304. The molecule has 40 heavy (non-hydrogen) atoms. The van der Waals surface area contributed by atoms with Crippen molar-refractivity contribution in [2.45, 2.75) is 66.6 Å². The smallest absolute Gasteiger partial charge is 0.319 e. The number of urea groups is 1. The number of carbonyl (C=O) groups is 4. The van der Waals surface area contributed by atoms with Crippen molar-refractivity contribution in [3.05, 3.63) is 83.5 Å². The number of allylic oxidation sites excluding steroid dienone is 2. The van der Waals surface area contributed by atoms with Crippen molar-refractivity contribution in [3.63, 3.8) is 0 Å². The van der Waals surface area contributed by atoms with Gasteiger partial charge in [0.05, 0.1) is 0 Å². The van der Waals surface area contributed by atoms with Crippen molar-refractivity contribution >= 4 is 29.4 Å². The van der Waals surface area contributed by atoms with E-state index in [4.69, 9.17) is 4.74 Å². The summed E-state index contributed by atoms with van der Waals surface area (Å²) < 4.78 is 5.68. The summed E-state index contributed by atoms with van der Waals surface area (Å²) in [4.78, 5) is 50.3. The fraction of sp³-hybridized carbons (Fsp3) is 0.355. The number of carbonyl (C=O) groups excluding carboxylic acids is 4. The lowest BCUT2D eigenvalue weighted by molar-refractivity contribution is -0.136. The number of anilines is 1. The van der Waals surface area contributed by atoms with Crippen LogP contribution in [0, 0.1) is 0 Å². The number of amides is 5. The number of ether oxygens (including phenoxy) is 1. The highest BCUT2D eigenvalue weighted by atomic mass is 16.5. The summed E-state index contributed by atoms with van der Waals surface area (Å²) in [5.41, 5.74) is 3.82. The SMILES string of the molecule is C=C/C=C(\C)COc1ccc(NC(=O)NCc2ccc3c(c2)CN(C2CCC(=O)NC2=O)C3=O)cc1.CC.CC. The van der Waals surface area contributed by atoms with Crippen LogP contribution < -0.4 is 20.7 Å². The second-order valence-corrected chi connectivity index (χ2v) is 8.76. The Morgan fingerprint density at radius 1 is 1.10 bits per heavy atom. The van der Waals surface area contributed by atoms with Crippen LogP contribution >= 0.6 is 0 Å². The van der Waals surface area contributed by atoms with Crippen molar-refractivity contribution in [1.29, 1.82) is 0 Å². The molecule has 214 valence electrons. The van der Waals surface area contributed by atoms with E-state index in [1.54, 1.807) is 42.5 Å². The van der Waals surface area contributed by atoms with Crippen LogP contribution in [0.1, 0.15) is 68.9 Å². The topological polar surface area (TPSA) is 117 Å². The van der Waals surface area contributed by atoms with Crippen LogP contribution in [0.15, 0.2) is 66.8 Å². The maximum absolute atomic E-state index is 12.8. The minimum atomic E-state index is -0.653. The molecule has 1 fully saturated rings. The predicted octanol–water partition coefficient (Wildman–Crippen LogP) is 5.33. The lowest BCUT2D eigenvalue weighted by Gasteiger charge is -2.29. The van der Waals surface area contributed by atoms with Crippen molar-refractivity contribution in [2.75, 3.05) is 11.9 Å². The molecule has 2 aromatic carbocycles. The molecule has 2 aliphatic heterocycles. The second-order valence-electron chi connectivity index (χ2n) is 8.76. The Labute approximate surface area is 236 Å². The minimum Gasteiger partial charge on any atom is -0.489 e. The Hall–Kier alpha value is -4.40. The zero-order valence-electron chi connectivity index (χ0n) is 24.0. The molecule has 0 radical (unpaired) electrons. The molecule has 1 atom stereocenters. The molecule has 2 aromatic rings. The van der Waals surface area contributed by atoms with Gasteiger partial charge in [-0.05, 0) is 60.4 Å². The van der Waals surface area contributed by atoms with E-state index in [0.29, 0.717) is 30.0 Å². The van der Waals surface area contributed by atoms with Crippen LogP contribution in [-0.2, 0) is 22.7 Å². The summed E-state index contributed by atoms with van der Waals surface area (Å²) >= 11 is 0. The molecule has 9 heteroatoms. The van der Waals surface area contributed by atoms with Crippen LogP contribution in [0.5, 0.6) is 5.75 Å². The lowest BCUT2D eigenvalue weighted by Crippen LogP contribution is -2.52. The molecule has 0 spiro atoms. The number of rotatable bonds is 8. The highest BCUT2D eigenvalue weighted by Crippen LogP contribution is 2.28. The van der Waals surface area contributed by atoms with Gasteiger partial charge in [-0.1, -0.05) is 58.6 Å². The molecule has 1 unspecified atom stereocenters. The molecule has 9 nitrogen and oxygen atoms in total. The molecule has 0 aliphatic carbocycles. The zero-order chi connectivity index (χ0) is 29.7. The first-order valence-electron chi connectivity index (χ1n) is 13.7. The fourth-order valence-electron chi connectivity index (χ4n) is 4.18. The zero-order valence-corrected chi connectivity index (χ0v) is 24.0. The summed E-state index contributed by atoms with van der Waals surface area (Å²) in [7, 11) is 0. The van der Waals surface area contributed by atoms with Gasteiger partial charge in [-0.15, -0.1) is 0 Å². The molecular weight excluding hydrogens is 508 g/mol. The van der Waals surface area contributed by atoms with Gasteiger partial charge in [0.1, 0.15) is 18.4 Å². The van der Waals surface area contributed by atoms with Crippen molar-refractivity contribution in [3.8, 4) is 5.75 Å². The lowest BCUT2D eigenvalue weighted by atomic mass is 10.0. The van der Waals surface area contributed by atoms with Gasteiger partial charge in [-0.2, -0.15) is 0 Å². The Morgan fingerprint density at radius 3 is 2.45 bits per heavy atom. The molecule has 0 aromatic heterocycles. The summed E-state index contributed by atoms with van der Waals surface area (Å²) in [5.74, 6) is -0.291. The molecule has 2 heterocycles. The summed E-state index contributed by atoms with van der Waals surface area (Å²) in [5, 5.41) is 7.88. The van der Waals surface area contributed by atoms with Gasteiger partial charge >= 0.3 is 6.03 Å². The molecule has 0 saturated carbocycles. The Balaban J connectivity index is 0.00000134. The highest BCUT2D eigenvalue weighted by molar-refractivity contribution is 6.05. The summed E-state index contributed by atoms with van der Waals surface area (Å²) in [6.45, 7) is 14.6. The third kappa shape index (κ3) is 8.56. The normalized spacial score (nSPS) is 15.9. The van der Waals surface area contributed by atoms with Crippen LogP contribution in [0.4, 0.5) is 10.5 Å². The van der Waals surface area contributed by atoms with Gasteiger partial charge in [0, 0.05) is 30.8 Å². The Bertz CT molecular complexity index is 1240. The monoisotopic (exact) mass is 548 g/mol. The number of piperidine rings is 1. The number of fused-ring (bicyclic) bond motifs is 1. The van der Waals surface area contributed by atoms with Crippen LogP contribution in [0.3, 0.4) is 0 Å². The molecule has 4 rings (SSSR count). The maximum atomic E-state index is 12.8. The molecular formula is C31H40N4O5. The van der Waals surface area contributed by atoms with E-state index < -0.39 is 11.9 Å². The Kier molecular flexibility index (Phi) is 12.6. The second kappa shape index (κ2) is 15.9. The summed E-state index contributed by atoms with van der Waals surface area (Å²) in [6.07, 6.45) is 4.12. The maximum Gasteiger partial charge on any atom is 0.319 e. The van der Waals surface area contributed by atoms with E-state index in [0.717, 1.165) is 16.7 Å². The third-order valence-electron chi connectivity index (χ3n) is 6.02. The van der Waals surface area contributed by atoms with E-state index in [1.165, 1.54) is 4.90 Å². The summed E-state index contributed by atoms with van der Waals surface area (Å²) in [6, 6.07) is 11.4. The number of hydrogen-bond donors (Lipinski definition) is 3.